The van der Waals surface area contributed by atoms with Crippen molar-refractivity contribution in [1.29, 1.82) is 0 Å². The number of rotatable bonds is 4. The Kier molecular flexibility index (Phi) is 2.71. The first-order valence-corrected chi connectivity index (χ1v) is 6.03. The van der Waals surface area contributed by atoms with Crippen molar-refractivity contribution in [1.82, 2.24) is 25.1 Å². The van der Waals surface area contributed by atoms with Crippen molar-refractivity contribution in [2.75, 3.05) is 0 Å². The molecule has 2 N–H and O–H groups in total. The topological polar surface area (TPSA) is 75.6 Å². The standard InChI is InChI=1S/C12H15N5O/c1-17-7-8(5-14-17)10-4-12(18)16-11(15-10)6-13-9-2-3-9/h4-5,7,9,13H,2-3,6H2,1H3,(H,15,16,18). The number of aromatic nitrogens is 4. The first-order chi connectivity index (χ1) is 8.70. The van der Waals surface area contributed by atoms with E-state index in [0.717, 1.165) is 5.56 Å². The average molecular weight is 245 g/mol. The van der Waals surface area contributed by atoms with Crippen LogP contribution in [0.3, 0.4) is 0 Å². The van der Waals surface area contributed by atoms with Crippen LogP contribution < -0.4 is 10.9 Å². The molecule has 0 unspecified atom stereocenters. The molecule has 0 aromatic carbocycles. The van der Waals surface area contributed by atoms with E-state index in [9.17, 15) is 4.79 Å². The summed E-state index contributed by atoms with van der Waals surface area (Å²) in [6, 6.07) is 2.09. The van der Waals surface area contributed by atoms with E-state index in [2.05, 4.69) is 20.4 Å². The fourth-order valence-electron chi connectivity index (χ4n) is 1.82. The quantitative estimate of drug-likeness (QED) is 0.818. The molecular formula is C12H15N5O. The molecule has 2 aromatic rings. The van der Waals surface area contributed by atoms with Gasteiger partial charge in [-0.05, 0) is 12.8 Å². The Balaban J connectivity index is 1.87. The van der Waals surface area contributed by atoms with Crippen molar-refractivity contribution in [3.8, 4) is 11.3 Å². The van der Waals surface area contributed by atoms with Crippen LogP contribution in [-0.2, 0) is 13.6 Å². The highest BCUT2D eigenvalue weighted by Crippen LogP contribution is 2.19. The summed E-state index contributed by atoms with van der Waals surface area (Å²) in [6.07, 6.45) is 5.98. The number of nitrogens with one attached hydrogen (secondary N) is 2. The second-order valence-corrected chi connectivity index (χ2v) is 4.64. The summed E-state index contributed by atoms with van der Waals surface area (Å²) in [5.41, 5.74) is 1.40. The third kappa shape index (κ3) is 2.48. The van der Waals surface area contributed by atoms with E-state index in [1.165, 1.54) is 18.9 Å². The van der Waals surface area contributed by atoms with Crippen molar-refractivity contribution >= 4 is 0 Å². The molecule has 3 rings (SSSR count). The second-order valence-electron chi connectivity index (χ2n) is 4.64. The van der Waals surface area contributed by atoms with Crippen molar-refractivity contribution in [2.45, 2.75) is 25.4 Å². The van der Waals surface area contributed by atoms with Gasteiger partial charge in [0.15, 0.2) is 0 Å². The minimum Gasteiger partial charge on any atom is -0.309 e. The number of nitrogens with zero attached hydrogens (tertiary/aromatic N) is 3. The molecule has 2 aromatic heterocycles. The SMILES string of the molecule is Cn1cc(-c2cc(=O)[nH]c(CNC3CC3)n2)cn1. The largest absolute Gasteiger partial charge is 0.309 e. The summed E-state index contributed by atoms with van der Waals surface area (Å²) in [5.74, 6) is 0.674. The van der Waals surface area contributed by atoms with Crippen LogP contribution in [0, 0.1) is 0 Å². The number of hydrogen-bond donors (Lipinski definition) is 2. The van der Waals surface area contributed by atoms with Gasteiger partial charge >= 0.3 is 0 Å². The Morgan fingerprint density at radius 1 is 1.56 bits per heavy atom. The van der Waals surface area contributed by atoms with Crippen molar-refractivity contribution < 1.29 is 0 Å². The molecule has 94 valence electrons. The normalized spacial score (nSPS) is 14.9. The zero-order valence-corrected chi connectivity index (χ0v) is 10.2. The van der Waals surface area contributed by atoms with Crippen molar-refractivity contribution in [3.63, 3.8) is 0 Å². The van der Waals surface area contributed by atoms with Crippen LogP contribution in [0.2, 0.25) is 0 Å². The predicted molar refractivity (Wildman–Crippen MR) is 66.9 cm³/mol. The fourth-order valence-corrected chi connectivity index (χ4v) is 1.82. The van der Waals surface area contributed by atoms with E-state index < -0.39 is 0 Å². The van der Waals surface area contributed by atoms with Gasteiger partial charge in [-0.3, -0.25) is 9.48 Å². The highest BCUT2D eigenvalue weighted by molar-refractivity contribution is 5.56. The van der Waals surface area contributed by atoms with Gasteiger partial charge < -0.3 is 10.3 Å². The minimum absolute atomic E-state index is 0.128. The van der Waals surface area contributed by atoms with Gasteiger partial charge in [-0.25, -0.2) is 4.98 Å². The van der Waals surface area contributed by atoms with Gasteiger partial charge in [-0.2, -0.15) is 5.10 Å². The maximum Gasteiger partial charge on any atom is 0.251 e. The maximum absolute atomic E-state index is 11.6. The van der Waals surface area contributed by atoms with Crippen LogP contribution in [0.1, 0.15) is 18.7 Å². The van der Waals surface area contributed by atoms with Gasteiger partial charge in [-0.15, -0.1) is 0 Å². The number of hydrogen-bond acceptors (Lipinski definition) is 4. The van der Waals surface area contributed by atoms with Crippen LogP contribution in [0.4, 0.5) is 0 Å². The van der Waals surface area contributed by atoms with Gasteiger partial charge in [0.2, 0.25) is 0 Å². The maximum atomic E-state index is 11.6. The summed E-state index contributed by atoms with van der Waals surface area (Å²) in [6.45, 7) is 0.605. The predicted octanol–water partition coefficient (Wildman–Crippen LogP) is 0.422. The van der Waals surface area contributed by atoms with E-state index in [0.29, 0.717) is 24.1 Å². The Labute approximate surface area is 104 Å². The summed E-state index contributed by atoms with van der Waals surface area (Å²) in [5, 5.41) is 7.42. The van der Waals surface area contributed by atoms with Crippen molar-refractivity contribution in [2.24, 2.45) is 7.05 Å². The summed E-state index contributed by atoms with van der Waals surface area (Å²) in [4.78, 5) is 18.8. The van der Waals surface area contributed by atoms with Crippen molar-refractivity contribution in [3.05, 3.63) is 34.6 Å². The third-order valence-corrected chi connectivity index (χ3v) is 2.93. The molecule has 0 atom stereocenters. The molecule has 1 aliphatic carbocycles. The lowest BCUT2D eigenvalue weighted by atomic mass is 10.2. The van der Waals surface area contributed by atoms with Gasteiger partial charge in [-0.1, -0.05) is 0 Å². The summed E-state index contributed by atoms with van der Waals surface area (Å²) in [7, 11) is 1.84. The summed E-state index contributed by atoms with van der Waals surface area (Å²) >= 11 is 0. The molecule has 1 saturated carbocycles. The number of aryl methyl sites for hydroxylation is 1. The molecule has 6 heteroatoms. The highest BCUT2D eigenvalue weighted by Gasteiger charge is 2.20. The lowest BCUT2D eigenvalue weighted by Crippen LogP contribution is -2.20. The van der Waals surface area contributed by atoms with E-state index in [-0.39, 0.29) is 5.56 Å². The van der Waals surface area contributed by atoms with Crippen LogP contribution in [-0.4, -0.2) is 25.8 Å². The van der Waals surface area contributed by atoms with Crippen LogP contribution >= 0.6 is 0 Å². The Morgan fingerprint density at radius 2 is 2.39 bits per heavy atom. The molecule has 6 nitrogen and oxygen atoms in total. The van der Waals surface area contributed by atoms with Gasteiger partial charge in [0.1, 0.15) is 5.82 Å². The first kappa shape index (κ1) is 11.2. The molecule has 0 saturated heterocycles. The molecule has 0 radical (unpaired) electrons. The van der Waals surface area contributed by atoms with Crippen LogP contribution in [0.25, 0.3) is 11.3 Å². The third-order valence-electron chi connectivity index (χ3n) is 2.93. The number of H-pyrrole nitrogens is 1. The summed E-state index contributed by atoms with van der Waals surface area (Å²) < 4.78 is 1.69. The Morgan fingerprint density at radius 3 is 3.06 bits per heavy atom. The molecule has 0 spiro atoms. The van der Waals surface area contributed by atoms with Gasteiger partial charge in [0.25, 0.3) is 5.56 Å². The van der Waals surface area contributed by atoms with E-state index in [4.69, 9.17) is 0 Å². The fraction of sp³-hybridized carbons (Fsp3) is 0.417. The van der Waals surface area contributed by atoms with E-state index >= 15 is 0 Å². The second kappa shape index (κ2) is 4.38. The van der Waals surface area contributed by atoms with E-state index in [1.54, 1.807) is 10.9 Å². The Bertz CT molecular complexity index is 611. The van der Waals surface area contributed by atoms with E-state index in [1.807, 2.05) is 13.2 Å². The molecule has 1 fully saturated rings. The zero-order valence-electron chi connectivity index (χ0n) is 10.2. The zero-order chi connectivity index (χ0) is 12.5. The lowest BCUT2D eigenvalue weighted by molar-refractivity contribution is 0.656. The molecule has 2 heterocycles. The van der Waals surface area contributed by atoms with Crippen LogP contribution in [0.15, 0.2) is 23.3 Å². The highest BCUT2D eigenvalue weighted by atomic mass is 16.1. The minimum atomic E-state index is -0.128. The average Bonchev–Trinajstić information content (AvgIpc) is 3.07. The number of aromatic amines is 1. The molecule has 0 bridgehead atoms. The molecule has 0 amide bonds. The van der Waals surface area contributed by atoms with Crippen LogP contribution in [0.5, 0.6) is 0 Å². The lowest BCUT2D eigenvalue weighted by Gasteiger charge is -2.03. The van der Waals surface area contributed by atoms with Gasteiger partial charge in [0.05, 0.1) is 18.4 Å². The Hall–Kier alpha value is -1.95. The van der Waals surface area contributed by atoms with Gasteiger partial charge in [0, 0.05) is 30.9 Å². The monoisotopic (exact) mass is 245 g/mol. The molecule has 0 aliphatic heterocycles. The molecule has 1 aliphatic rings. The molecular weight excluding hydrogens is 230 g/mol. The smallest absolute Gasteiger partial charge is 0.251 e. The molecule has 18 heavy (non-hydrogen) atoms. The first-order valence-electron chi connectivity index (χ1n) is 6.03.